The van der Waals surface area contributed by atoms with E-state index in [2.05, 4.69) is 6.58 Å². The third-order valence-corrected chi connectivity index (χ3v) is 1.68. The maximum absolute atomic E-state index is 11.2. The maximum atomic E-state index is 11.2. The minimum atomic E-state index is -0.832. The Morgan fingerprint density at radius 2 is 2.13 bits per heavy atom. The summed E-state index contributed by atoms with van der Waals surface area (Å²) in [5.41, 5.74) is 0.324. The van der Waals surface area contributed by atoms with Crippen molar-refractivity contribution in [3.63, 3.8) is 0 Å². The molecule has 0 aliphatic rings. The first kappa shape index (κ1) is 13.9. The first-order chi connectivity index (χ1) is 6.97. The Labute approximate surface area is 89.9 Å². The Morgan fingerprint density at radius 3 is 2.60 bits per heavy atom. The van der Waals surface area contributed by atoms with E-state index in [0.29, 0.717) is 5.57 Å². The van der Waals surface area contributed by atoms with Gasteiger partial charge in [-0.05, 0) is 19.9 Å². The lowest BCUT2D eigenvalue weighted by molar-refractivity contribution is -0.137. The zero-order valence-corrected chi connectivity index (χ0v) is 9.14. The predicted octanol–water partition coefficient (Wildman–Crippen LogP) is 0.794. The topological polar surface area (TPSA) is 66.8 Å². The second-order valence-electron chi connectivity index (χ2n) is 3.39. The standard InChI is InChI=1S/C11H18O4/c1-4-5-15-11(14)8(2)6-10(13)7-9(3)12/h4,6,9-10,12-13H,1,5,7H2,2-3H3. The first-order valence-corrected chi connectivity index (χ1v) is 4.80. The van der Waals surface area contributed by atoms with Gasteiger partial charge in [-0.15, -0.1) is 0 Å². The lowest BCUT2D eigenvalue weighted by atomic mass is 10.1. The van der Waals surface area contributed by atoms with Gasteiger partial charge < -0.3 is 14.9 Å². The van der Waals surface area contributed by atoms with Crippen molar-refractivity contribution in [2.24, 2.45) is 0 Å². The molecule has 0 saturated heterocycles. The molecule has 0 aliphatic heterocycles. The minimum absolute atomic E-state index is 0.149. The smallest absolute Gasteiger partial charge is 0.333 e. The van der Waals surface area contributed by atoms with E-state index in [4.69, 9.17) is 9.84 Å². The molecule has 15 heavy (non-hydrogen) atoms. The number of ether oxygens (including phenoxy) is 1. The highest BCUT2D eigenvalue weighted by atomic mass is 16.5. The lowest BCUT2D eigenvalue weighted by Crippen LogP contribution is -2.15. The van der Waals surface area contributed by atoms with Gasteiger partial charge in [0.05, 0.1) is 12.2 Å². The molecule has 2 unspecified atom stereocenters. The fraction of sp³-hybridized carbons (Fsp3) is 0.545. The summed E-state index contributed by atoms with van der Waals surface area (Å²) < 4.78 is 4.76. The molecule has 0 aliphatic carbocycles. The second-order valence-corrected chi connectivity index (χ2v) is 3.39. The zero-order valence-electron chi connectivity index (χ0n) is 9.14. The predicted molar refractivity (Wildman–Crippen MR) is 57.2 cm³/mol. The fourth-order valence-corrected chi connectivity index (χ4v) is 1.02. The number of carbonyl (C=O) groups is 1. The molecule has 0 aromatic rings. The summed E-state index contributed by atoms with van der Waals surface area (Å²) in [7, 11) is 0. The Morgan fingerprint density at radius 1 is 1.53 bits per heavy atom. The monoisotopic (exact) mass is 214 g/mol. The third-order valence-electron chi connectivity index (χ3n) is 1.68. The van der Waals surface area contributed by atoms with Crippen molar-refractivity contribution in [1.29, 1.82) is 0 Å². The zero-order chi connectivity index (χ0) is 11.8. The van der Waals surface area contributed by atoms with Gasteiger partial charge in [-0.1, -0.05) is 12.7 Å². The van der Waals surface area contributed by atoms with Crippen LogP contribution in [-0.2, 0) is 9.53 Å². The van der Waals surface area contributed by atoms with E-state index < -0.39 is 18.2 Å². The molecule has 0 radical (unpaired) electrons. The van der Waals surface area contributed by atoms with Crippen molar-refractivity contribution in [2.75, 3.05) is 6.61 Å². The van der Waals surface area contributed by atoms with Gasteiger partial charge in [0, 0.05) is 12.0 Å². The van der Waals surface area contributed by atoms with Crippen LogP contribution in [0.1, 0.15) is 20.3 Å². The number of carbonyl (C=O) groups excluding carboxylic acids is 1. The van der Waals surface area contributed by atoms with Gasteiger partial charge in [0.25, 0.3) is 0 Å². The molecule has 0 heterocycles. The summed E-state index contributed by atoms with van der Waals surface area (Å²) in [5, 5.41) is 18.4. The first-order valence-electron chi connectivity index (χ1n) is 4.80. The average molecular weight is 214 g/mol. The van der Waals surface area contributed by atoms with Gasteiger partial charge in [-0.25, -0.2) is 4.79 Å². The van der Waals surface area contributed by atoms with E-state index in [-0.39, 0.29) is 13.0 Å². The van der Waals surface area contributed by atoms with Crippen LogP contribution in [0.25, 0.3) is 0 Å². The molecule has 0 aromatic heterocycles. The number of aliphatic hydroxyl groups is 2. The highest BCUT2D eigenvalue weighted by molar-refractivity contribution is 5.87. The highest BCUT2D eigenvalue weighted by Gasteiger charge is 2.09. The molecule has 0 fully saturated rings. The summed E-state index contributed by atoms with van der Waals surface area (Å²) in [6.07, 6.45) is 1.61. The van der Waals surface area contributed by atoms with Crippen LogP contribution >= 0.6 is 0 Å². The Balaban J connectivity index is 4.16. The fourth-order valence-electron chi connectivity index (χ4n) is 1.02. The minimum Gasteiger partial charge on any atom is -0.458 e. The summed E-state index contributed by atoms with van der Waals surface area (Å²) in [6, 6.07) is 0. The van der Waals surface area contributed by atoms with Crippen molar-refractivity contribution in [1.82, 2.24) is 0 Å². The van der Waals surface area contributed by atoms with Crippen LogP contribution in [0.3, 0.4) is 0 Å². The Hall–Kier alpha value is -1.13. The number of hydrogen-bond donors (Lipinski definition) is 2. The van der Waals surface area contributed by atoms with E-state index in [0.717, 1.165) is 0 Å². The Kier molecular flexibility index (Phi) is 6.66. The summed E-state index contributed by atoms with van der Waals surface area (Å²) in [6.45, 7) is 6.69. The molecule has 0 aromatic carbocycles. The summed E-state index contributed by atoms with van der Waals surface area (Å²) in [5.74, 6) is -0.487. The van der Waals surface area contributed by atoms with Crippen LogP contribution in [-0.4, -0.2) is 35.0 Å². The molecule has 4 nitrogen and oxygen atoms in total. The van der Waals surface area contributed by atoms with Crippen LogP contribution in [0.4, 0.5) is 0 Å². The summed E-state index contributed by atoms with van der Waals surface area (Å²) in [4.78, 5) is 11.2. The molecule has 0 saturated carbocycles. The second kappa shape index (κ2) is 7.20. The van der Waals surface area contributed by atoms with E-state index in [1.54, 1.807) is 13.8 Å². The van der Waals surface area contributed by atoms with Gasteiger partial charge in [0.15, 0.2) is 0 Å². The van der Waals surface area contributed by atoms with Crippen molar-refractivity contribution < 1.29 is 19.7 Å². The number of hydrogen-bond acceptors (Lipinski definition) is 4. The van der Waals surface area contributed by atoms with Crippen LogP contribution in [0.5, 0.6) is 0 Å². The van der Waals surface area contributed by atoms with Crippen molar-refractivity contribution in [3.8, 4) is 0 Å². The molecular weight excluding hydrogens is 196 g/mol. The molecule has 2 atom stereocenters. The van der Waals surface area contributed by atoms with Gasteiger partial charge >= 0.3 is 5.97 Å². The van der Waals surface area contributed by atoms with Crippen molar-refractivity contribution in [3.05, 3.63) is 24.3 Å². The van der Waals surface area contributed by atoms with Gasteiger partial charge in [0.1, 0.15) is 6.61 Å². The van der Waals surface area contributed by atoms with E-state index in [1.807, 2.05) is 0 Å². The third kappa shape index (κ3) is 6.88. The molecule has 2 N–H and O–H groups in total. The largest absolute Gasteiger partial charge is 0.458 e. The normalized spacial score (nSPS) is 15.6. The number of rotatable bonds is 6. The van der Waals surface area contributed by atoms with Gasteiger partial charge in [0.2, 0.25) is 0 Å². The average Bonchev–Trinajstić information content (AvgIpc) is 2.12. The van der Waals surface area contributed by atoms with E-state index in [9.17, 15) is 9.90 Å². The van der Waals surface area contributed by atoms with Crippen LogP contribution in [0, 0.1) is 0 Å². The molecule has 0 bridgehead atoms. The van der Waals surface area contributed by atoms with Crippen LogP contribution in [0.2, 0.25) is 0 Å². The Bertz CT molecular complexity index is 243. The lowest BCUT2D eigenvalue weighted by Gasteiger charge is -2.09. The van der Waals surface area contributed by atoms with Gasteiger partial charge in [-0.2, -0.15) is 0 Å². The van der Waals surface area contributed by atoms with E-state index >= 15 is 0 Å². The molecular formula is C11H18O4. The van der Waals surface area contributed by atoms with Crippen molar-refractivity contribution in [2.45, 2.75) is 32.5 Å². The quantitative estimate of drug-likeness (QED) is 0.390. The summed E-state index contributed by atoms with van der Waals surface area (Å²) >= 11 is 0. The molecule has 4 heteroatoms. The molecule has 86 valence electrons. The molecule has 0 rings (SSSR count). The highest BCUT2D eigenvalue weighted by Crippen LogP contribution is 2.04. The van der Waals surface area contributed by atoms with E-state index in [1.165, 1.54) is 12.2 Å². The van der Waals surface area contributed by atoms with Crippen LogP contribution in [0.15, 0.2) is 24.3 Å². The SMILES string of the molecule is C=CCOC(=O)C(C)=CC(O)CC(C)O. The maximum Gasteiger partial charge on any atom is 0.333 e. The molecule has 0 amide bonds. The van der Waals surface area contributed by atoms with Gasteiger partial charge in [-0.3, -0.25) is 0 Å². The number of esters is 1. The van der Waals surface area contributed by atoms with Crippen LogP contribution < -0.4 is 0 Å². The number of aliphatic hydroxyl groups excluding tert-OH is 2. The van der Waals surface area contributed by atoms with Crippen molar-refractivity contribution >= 4 is 5.97 Å². The molecule has 0 spiro atoms.